The molecule has 1 saturated heterocycles. The van der Waals surface area contributed by atoms with Crippen LogP contribution in [0.4, 0.5) is 4.39 Å². The van der Waals surface area contributed by atoms with Gasteiger partial charge in [-0.1, -0.05) is 11.6 Å². The van der Waals surface area contributed by atoms with Crippen LogP contribution >= 0.6 is 11.6 Å². The summed E-state index contributed by atoms with van der Waals surface area (Å²) in [6, 6.07) is 3.85. The lowest BCUT2D eigenvalue weighted by Gasteiger charge is -2.30. The summed E-state index contributed by atoms with van der Waals surface area (Å²) in [4.78, 5) is 37.7. The summed E-state index contributed by atoms with van der Waals surface area (Å²) in [7, 11) is 0. The number of likely N-dealkylation sites (tertiary alicyclic amines) is 1. The van der Waals surface area contributed by atoms with E-state index in [2.05, 4.69) is 5.32 Å². The van der Waals surface area contributed by atoms with Gasteiger partial charge in [-0.2, -0.15) is 0 Å². The summed E-state index contributed by atoms with van der Waals surface area (Å²) in [5.74, 6) is -2.96. The molecule has 9 heteroatoms. The largest absolute Gasteiger partial charge is 0.481 e. The molecule has 1 aromatic rings. The van der Waals surface area contributed by atoms with Crippen molar-refractivity contribution in [2.75, 3.05) is 13.1 Å². The van der Waals surface area contributed by atoms with Gasteiger partial charge in [-0.05, 0) is 55.4 Å². The van der Waals surface area contributed by atoms with Crippen molar-refractivity contribution in [3.63, 3.8) is 0 Å². The zero-order valence-corrected chi connectivity index (χ0v) is 16.6. The standard InChI is InChI=1S/C20H24ClFN2O5/c21-15-7-13(8-16(22)9-15)10-23-18(27)20(29)5-6-24(19(20)28)11-12-1-3-14(4-2-12)17(25)26/h7-9,12,14,29H,1-6,10-11H2,(H,23,27)(H,25,26)/t12-,14+,20?. The molecular formula is C20H24ClFN2O5. The van der Waals surface area contributed by atoms with Gasteiger partial charge in [0.2, 0.25) is 5.60 Å². The molecule has 0 spiro atoms. The highest BCUT2D eigenvalue weighted by Gasteiger charge is 2.51. The number of carboxylic acids is 1. The van der Waals surface area contributed by atoms with Gasteiger partial charge in [0.05, 0.1) is 5.92 Å². The smallest absolute Gasteiger partial charge is 0.306 e. The molecule has 158 valence electrons. The summed E-state index contributed by atoms with van der Waals surface area (Å²) in [6.45, 7) is 0.596. The van der Waals surface area contributed by atoms with E-state index in [0.29, 0.717) is 37.8 Å². The first-order valence-electron chi connectivity index (χ1n) is 9.67. The molecule has 0 aromatic heterocycles. The molecule has 7 nitrogen and oxygen atoms in total. The number of aliphatic hydroxyl groups is 1. The fourth-order valence-electron chi connectivity index (χ4n) is 4.10. The SMILES string of the molecule is O=C(NCc1cc(F)cc(Cl)c1)C1(O)CCN(C[C@H]2CC[C@@H](C(=O)O)CC2)C1=O. The lowest BCUT2D eigenvalue weighted by Crippen LogP contribution is -2.52. The number of carboxylic acid groups (broad SMARTS) is 1. The number of halogens is 2. The number of amides is 2. The maximum Gasteiger partial charge on any atom is 0.306 e. The Hall–Kier alpha value is -2.19. The third-order valence-corrected chi connectivity index (χ3v) is 6.03. The van der Waals surface area contributed by atoms with Crippen LogP contribution < -0.4 is 5.32 Å². The molecule has 1 aliphatic carbocycles. The lowest BCUT2D eigenvalue weighted by molar-refractivity contribution is -0.155. The van der Waals surface area contributed by atoms with E-state index in [1.807, 2.05) is 0 Å². The molecule has 0 radical (unpaired) electrons. The van der Waals surface area contributed by atoms with E-state index in [0.717, 1.165) is 6.07 Å². The molecule has 3 N–H and O–H groups in total. The van der Waals surface area contributed by atoms with Gasteiger partial charge in [0.1, 0.15) is 5.82 Å². The molecule has 2 fully saturated rings. The number of nitrogens with one attached hydrogen (secondary N) is 1. The van der Waals surface area contributed by atoms with Gasteiger partial charge in [0, 0.05) is 31.1 Å². The van der Waals surface area contributed by atoms with Gasteiger partial charge in [-0.25, -0.2) is 4.39 Å². The Kier molecular flexibility index (Phi) is 6.43. The minimum atomic E-state index is -2.14. The van der Waals surface area contributed by atoms with Gasteiger partial charge >= 0.3 is 5.97 Å². The minimum Gasteiger partial charge on any atom is -0.481 e. The van der Waals surface area contributed by atoms with E-state index in [1.54, 1.807) is 0 Å². The molecule has 1 aliphatic heterocycles. The molecule has 1 unspecified atom stereocenters. The molecule has 2 amide bonds. The number of nitrogens with zero attached hydrogens (tertiary/aromatic N) is 1. The van der Waals surface area contributed by atoms with Gasteiger partial charge in [0.15, 0.2) is 0 Å². The molecule has 1 atom stereocenters. The number of rotatable bonds is 6. The maximum atomic E-state index is 13.4. The Morgan fingerprint density at radius 3 is 2.55 bits per heavy atom. The number of carbonyl (C=O) groups is 3. The summed E-state index contributed by atoms with van der Waals surface area (Å²) >= 11 is 5.79. The van der Waals surface area contributed by atoms with Crippen LogP contribution in [-0.4, -0.2) is 51.6 Å². The quantitative estimate of drug-likeness (QED) is 0.603. The maximum absolute atomic E-state index is 13.4. The normalized spacial score (nSPS) is 27.1. The molecule has 0 bridgehead atoms. The van der Waals surface area contributed by atoms with Crippen molar-refractivity contribution in [1.29, 1.82) is 0 Å². The first-order chi connectivity index (χ1) is 13.7. The monoisotopic (exact) mass is 426 g/mol. The van der Waals surface area contributed by atoms with Crippen LogP contribution in [0, 0.1) is 17.7 Å². The Morgan fingerprint density at radius 1 is 1.24 bits per heavy atom. The number of carbonyl (C=O) groups excluding carboxylic acids is 2. The van der Waals surface area contributed by atoms with Gasteiger partial charge in [-0.15, -0.1) is 0 Å². The molecule has 29 heavy (non-hydrogen) atoms. The van der Waals surface area contributed by atoms with E-state index < -0.39 is 29.2 Å². The highest BCUT2D eigenvalue weighted by molar-refractivity contribution is 6.30. The van der Waals surface area contributed by atoms with E-state index in [1.165, 1.54) is 17.0 Å². The van der Waals surface area contributed by atoms with Crippen LogP contribution in [-0.2, 0) is 20.9 Å². The lowest BCUT2D eigenvalue weighted by atomic mass is 9.82. The highest BCUT2D eigenvalue weighted by atomic mass is 35.5. The van der Waals surface area contributed by atoms with Crippen LogP contribution in [0.1, 0.15) is 37.7 Å². The summed E-state index contributed by atoms with van der Waals surface area (Å²) in [5, 5.41) is 22.4. The fraction of sp³-hybridized carbons (Fsp3) is 0.550. The van der Waals surface area contributed by atoms with Crippen molar-refractivity contribution in [2.45, 2.75) is 44.2 Å². The summed E-state index contributed by atoms with van der Waals surface area (Å²) in [6.07, 6.45) is 2.52. The third kappa shape index (κ3) is 4.87. The van der Waals surface area contributed by atoms with Crippen LogP contribution in [0.15, 0.2) is 18.2 Å². The number of hydrogen-bond donors (Lipinski definition) is 3. The summed E-state index contributed by atoms with van der Waals surface area (Å²) in [5.41, 5.74) is -1.72. The Balaban J connectivity index is 1.54. The molecule has 1 saturated carbocycles. The Morgan fingerprint density at radius 2 is 1.93 bits per heavy atom. The van der Waals surface area contributed by atoms with Crippen molar-refractivity contribution in [3.05, 3.63) is 34.6 Å². The molecular weight excluding hydrogens is 403 g/mol. The fourth-order valence-corrected chi connectivity index (χ4v) is 4.34. The first-order valence-corrected chi connectivity index (χ1v) is 10.0. The van der Waals surface area contributed by atoms with Crippen molar-refractivity contribution < 1.29 is 29.0 Å². The average molecular weight is 427 g/mol. The van der Waals surface area contributed by atoms with Crippen molar-refractivity contribution in [1.82, 2.24) is 10.2 Å². The van der Waals surface area contributed by atoms with Gasteiger partial charge in [-0.3, -0.25) is 14.4 Å². The second kappa shape index (κ2) is 8.67. The predicted molar refractivity (Wildman–Crippen MR) is 102 cm³/mol. The minimum absolute atomic E-state index is 0.0218. The second-order valence-electron chi connectivity index (χ2n) is 7.88. The molecule has 3 rings (SSSR count). The molecule has 1 heterocycles. The van der Waals surface area contributed by atoms with Gasteiger partial charge in [0.25, 0.3) is 11.8 Å². The number of benzene rings is 1. The molecule has 2 aliphatic rings. The highest BCUT2D eigenvalue weighted by Crippen LogP contribution is 2.32. The second-order valence-corrected chi connectivity index (χ2v) is 8.31. The number of aliphatic carboxylic acids is 1. The number of hydrogen-bond acceptors (Lipinski definition) is 4. The van der Waals surface area contributed by atoms with Crippen molar-refractivity contribution >= 4 is 29.4 Å². The van der Waals surface area contributed by atoms with Crippen LogP contribution in [0.3, 0.4) is 0 Å². The zero-order valence-electron chi connectivity index (χ0n) is 15.9. The Bertz CT molecular complexity index is 792. The van der Waals surface area contributed by atoms with Crippen molar-refractivity contribution in [3.8, 4) is 0 Å². The van der Waals surface area contributed by atoms with E-state index >= 15 is 0 Å². The topological polar surface area (TPSA) is 107 Å². The average Bonchev–Trinajstić information content (AvgIpc) is 2.95. The zero-order chi connectivity index (χ0) is 21.2. The summed E-state index contributed by atoms with van der Waals surface area (Å²) < 4.78 is 13.4. The van der Waals surface area contributed by atoms with E-state index in [9.17, 15) is 23.9 Å². The van der Waals surface area contributed by atoms with Crippen LogP contribution in [0.25, 0.3) is 0 Å². The third-order valence-electron chi connectivity index (χ3n) is 5.81. The van der Waals surface area contributed by atoms with E-state index in [4.69, 9.17) is 16.7 Å². The van der Waals surface area contributed by atoms with Crippen LogP contribution in [0.2, 0.25) is 5.02 Å². The predicted octanol–water partition coefficient (Wildman–Crippen LogP) is 1.95. The molecule has 1 aromatic carbocycles. The van der Waals surface area contributed by atoms with Crippen LogP contribution in [0.5, 0.6) is 0 Å². The Labute approximate surface area is 172 Å². The van der Waals surface area contributed by atoms with Gasteiger partial charge < -0.3 is 20.4 Å². The van der Waals surface area contributed by atoms with Crippen molar-refractivity contribution in [2.24, 2.45) is 11.8 Å². The first kappa shape index (κ1) is 21.5. The van der Waals surface area contributed by atoms with E-state index in [-0.39, 0.29) is 36.4 Å².